The fourth-order valence-electron chi connectivity index (χ4n) is 1.80. The molecule has 0 radical (unpaired) electrons. The smallest absolute Gasteiger partial charge is 0.258 e. The molecule has 5 nitrogen and oxygen atoms in total. The molecule has 0 heterocycles. The maximum absolute atomic E-state index is 11.8. The van der Waals surface area contributed by atoms with Gasteiger partial charge in [0.15, 0.2) is 6.61 Å². The van der Waals surface area contributed by atoms with Crippen LogP contribution in [-0.4, -0.2) is 29.8 Å². The Bertz CT molecular complexity index is 465. The van der Waals surface area contributed by atoms with Crippen LogP contribution in [0.4, 0.5) is 0 Å². The van der Waals surface area contributed by atoms with Crippen LogP contribution in [0.15, 0.2) is 24.3 Å². The number of carbonyl (C=O) groups is 1. The van der Waals surface area contributed by atoms with Crippen LogP contribution < -0.4 is 10.1 Å². The van der Waals surface area contributed by atoms with E-state index in [0.29, 0.717) is 24.2 Å². The van der Waals surface area contributed by atoms with Gasteiger partial charge in [0.2, 0.25) is 0 Å². The van der Waals surface area contributed by atoms with Crippen LogP contribution in [0.25, 0.3) is 0 Å². The second kappa shape index (κ2) is 7.51. The van der Waals surface area contributed by atoms with Gasteiger partial charge in [-0.3, -0.25) is 4.79 Å². The van der Waals surface area contributed by atoms with Crippen molar-refractivity contribution in [3.63, 3.8) is 0 Å². The van der Waals surface area contributed by atoms with Crippen molar-refractivity contribution in [1.82, 2.24) is 5.32 Å². The maximum atomic E-state index is 11.8. The topological polar surface area (TPSA) is 82.3 Å². The number of ether oxygens (including phenoxy) is 1. The summed E-state index contributed by atoms with van der Waals surface area (Å²) in [5.41, 5.74) is -0.0384. The van der Waals surface area contributed by atoms with Gasteiger partial charge in [0.1, 0.15) is 5.75 Å². The van der Waals surface area contributed by atoms with Crippen LogP contribution >= 0.6 is 0 Å². The van der Waals surface area contributed by atoms with Gasteiger partial charge in [0.25, 0.3) is 5.91 Å². The minimum absolute atomic E-state index is 0.0946. The van der Waals surface area contributed by atoms with Crippen LogP contribution in [0, 0.1) is 11.3 Å². The monoisotopic (exact) mass is 276 g/mol. The normalized spacial score (nSPS) is 10.7. The lowest BCUT2D eigenvalue weighted by Gasteiger charge is -2.30. The Hall–Kier alpha value is -2.06. The van der Waals surface area contributed by atoms with Crippen molar-refractivity contribution in [3.05, 3.63) is 29.8 Å². The number of amides is 1. The van der Waals surface area contributed by atoms with Gasteiger partial charge in [0, 0.05) is 0 Å². The molecular weight excluding hydrogens is 256 g/mol. The van der Waals surface area contributed by atoms with Gasteiger partial charge in [-0.25, -0.2) is 0 Å². The van der Waals surface area contributed by atoms with Crippen molar-refractivity contribution < 1.29 is 14.6 Å². The molecule has 5 heteroatoms. The number of aliphatic hydroxyl groups is 1. The van der Waals surface area contributed by atoms with Crippen molar-refractivity contribution in [2.24, 2.45) is 0 Å². The summed E-state index contributed by atoms with van der Waals surface area (Å²) in [5, 5.41) is 20.9. The molecule has 1 aromatic carbocycles. The molecule has 2 N–H and O–H groups in total. The van der Waals surface area contributed by atoms with E-state index in [0.717, 1.165) is 0 Å². The molecule has 0 aliphatic heterocycles. The van der Waals surface area contributed by atoms with E-state index in [1.165, 1.54) is 0 Å². The van der Waals surface area contributed by atoms with Crippen LogP contribution in [-0.2, 0) is 4.79 Å². The summed E-state index contributed by atoms with van der Waals surface area (Å²) in [6, 6.07) is 8.55. The fraction of sp³-hybridized carbons (Fsp3) is 0.467. The summed E-state index contributed by atoms with van der Waals surface area (Å²) in [5.74, 6) is 0.258. The molecule has 0 fully saturated rings. The lowest BCUT2D eigenvalue weighted by molar-refractivity contribution is -0.125. The highest BCUT2D eigenvalue weighted by Crippen LogP contribution is 2.14. The van der Waals surface area contributed by atoms with Gasteiger partial charge in [0.05, 0.1) is 23.8 Å². The third-order valence-electron chi connectivity index (χ3n) is 3.41. The first kappa shape index (κ1) is 16.0. The Labute approximate surface area is 119 Å². The van der Waals surface area contributed by atoms with Gasteiger partial charge in [-0.2, -0.15) is 5.26 Å². The summed E-state index contributed by atoms with van der Waals surface area (Å²) in [7, 11) is 0. The first-order valence-electron chi connectivity index (χ1n) is 6.64. The minimum atomic E-state index is -0.578. The van der Waals surface area contributed by atoms with Crippen molar-refractivity contribution in [2.45, 2.75) is 32.2 Å². The number of aliphatic hydroxyl groups excluding tert-OH is 1. The van der Waals surface area contributed by atoms with E-state index in [2.05, 4.69) is 5.32 Å². The lowest BCUT2D eigenvalue weighted by Crippen LogP contribution is -2.51. The summed E-state index contributed by atoms with van der Waals surface area (Å²) in [4.78, 5) is 11.8. The molecule has 108 valence electrons. The van der Waals surface area contributed by atoms with Crippen molar-refractivity contribution >= 4 is 5.91 Å². The van der Waals surface area contributed by atoms with Crippen LogP contribution in [0.2, 0.25) is 0 Å². The first-order valence-corrected chi connectivity index (χ1v) is 6.64. The molecule has 0 saturated carbocycles. The lowest BCUT2D eigenvalue weighted by atomic mass is 9.94. The van der Waals surface area contributed by atoms with E-state index >= 15 is 0 Å². The second-order valence-corrected chi connectivity index (χ2v) is 4.62. The van der Waals surface area contributed by atoms with E-state index in [-0.39, 0.29) is 19.1 Å². The molecule has 0 aliphatic rings. The maximum Gasteiger partial charge on any atom is 0.258 e. The highest BCUT2D eigenvalue weighted by atomic mass is 16.5. The number of nitrogens with one attached hydrogen (secondary N) is 1. The highest BCUT2D eigenvalue weighted by Gasteiger charge is 2.27. The minimum Gasteiger partial charge on any atom is -0.484 e. The van der Waals surface area contributed by atoms with E-state index in [1.54, 1.807) is 24.3 Å². The van der Waals surface area contributed by atoms with Crippen LogP contribution in [0.1, 0.15) is 32.3 Å². The summed E-state index contributed by atoms with van der Waals surface area (Å²) < 4.78 is 5.34. The molecule has 0 unspecified atom stereocenters. The molecule has 0 saturated heterocycles. The third-order valence-corrected chi connectivity index (χ3v) is 3.41. The van der Waals surface area contributed by atoms with Crippen molar-refractivity contribution in [3.8, 4) is 11.8 Å². The molecule has 0 aliphatic carbocycles. The number of hydrogen-bond acceptors (Lipinski definition) is 4. The largest absolute Gasteiger partial charge is 0.484 e. The average Bonchev–Trinajstić information content (AvgIpc) is 2.51. The van der Waals surface area contributed by atoms with Gasteiger partial charge in [-0.15, -0.1) is 0 Å². The Kier molecular flexibility index (Phi) is 6.01. The van der Waals surface area contributed by atoms with E-state index < -0.39 is 5.54 Å². The molecular formula is C15H20N2O3. The van der Waals surface area contributed by atoms with E-state index in [9.17, 15) is 9.90 Å². The van der Waals surface area contributed by atoms with Gasteiger partial charge >= 0.3 is 0 Å². The molecule has 0 aromatic heterocycles. The molecule has 0 atom stereocenters. The van der Waals surface area contributed by atoms with E-state index in [4.69, 9.17) is 10.00 Å². The van der Waals surface area contributed by atoms with Gasteiger partial charge < -0.3 is 15.2 Å². The Balaban J connectivity index is 2.52. The highest BCUT2D eigenvalue weighted by molar-refractivity contribution is 5.78. The second-order valence-electron chi connectivity index (χ2n) is 4.62. The standard InChI is InChI=1S/C15H20N2O3/c1-3-15(4-2,11-18)17-14(19)10-20-13-7-5-12(9-16)6-8-13/h5-8,18H,3-4,10-11H2,1-2H3,(H,17,19). The Morgan fingerprint density at radius 3 is 2.40 bits per heavy atom. The molecule has 20 heavy (non-hydrogen) atoms. The molecule has 1 amide bonds. The number of rotatable bonds is 7. The number of nitriles is 1. The summed E-state index contributed by atoms with van der Waals surface area (Å²) in [6.45, 7) is 3.62. The molecule has 0 bridgehead atoms. The SMILES string of the molecule is CCC(CC)(CO)NC(=O)COc1ccc(C#N)cc1. The number of carbonyl (C=O) groups excluding carboxylic acids is 1. The Morgan fingerprint density at radius 1 is 1.35 bits per heavy atom. The zero-order chi connectivity index (χ0) is 15.0. The molecule has 1 aromatic rings. The zero-order valence-corrected chi connectivity index (χ0v) is 11.8. The number of hydrogen-bond donors (Lipinski definition) is 2. The zero-order valence-electron chi connectivity index (χ0n) is 11.8. The van der Waals surface area contributed by atoms with Gasteiger partial charge in [-0.1, -0.05) is 13.8 Å². The molecule has 1 rings (SSSR count). The predicted molar refractivity (Wildman–Crippen MR) is 75.2 cm³/mol. The molecule has 0 spiro atoms. The summed E-state index contributed by atoms with van der Waals surface area (Å²) >= 11 is 0. The first-order chi connectivity index (χ1) is 9.59. The van der Waals surface area contributed by atoms with Crippen molar-refractivity contribution in [1.29, 1.82) is 5.26 Å². The fourth-order valence-corrected chi connectivity index (χ4v) is 1.80. The van der Waals surface area contributed by atoms with Crippen LogP contribution in [0.3, 0.4) is 0 Å². The van der Waals surface area contributed by atoms with Gasteiger partial charge in [-0.05, 0) is 37.1 Å². The number of benzene rings is 1. The van der Waals surface area contributed by atoms with Crippen molar-refractivity contribution in [2.75, 3.05) is 13.2 Å². The summed E-state index contributed by atoms with van der Waals surface area (Å²) in [6.07, 6.45) is 1.31. The Morgan fingerprint density at radius 2 is 1.95 bits per heavy atom. The van der Waals surface area contributed by atoms with E-state index in [1.807, 2.05) is 19.9 Å². The predicted octanol–water partition coefficient (Wildman–Crippen LogP) is 1.60. The van der Waals surface area contributed by atoms with Crippen LogP contribution in [0.5, 0.6) is 5.75 Å². The quantitative estimate of drug-likeness (QED) is 0.792. The third kappa shape index (κ3) is 4.25. The number of nitrogens with zero attached hydrogens (tertiary/aromatic N) is 1. The average molecular weight is 276 g/mol.